The van der Waals surface area contributed by atoms with Gasteiger partial charge in [-0.3, -0.25) is 4.99 Å². The van der Waals surface area contributed by atoms with Crippen molar-refractivity contribution in [1.82, 2.24) is 0 Å². The Balaban J connectivity index is 3.04. The third kappa shape index (κ3) is 3.70. The van der Waals surface area contributed by atoms with Crippen LogP contribution in [0.5, 0.6) is 0 Å². The maximum atomic E-state index is 11.2. The van der Waals surface area contributed by atoms with E-state index < -0.39 is 11.4 Å². The minimum Gasteiger partial charge on any atom is -0.477 e. The Kier molecular flexibility index (Phi) is 4.05. The van der Waals surface area contributed by atoms with E-state index in [1.807, 2.05) is 58.0 Å². The molecule has 0 saturated carbocycles. The third-order valence-electron chi connectivity index (χ3n) is 2.52. The summed E-state index contributed by atoms with van der Waals surface area (Å²) >= 11 is 0. The molecule has 1 rings (SSSR count). The Morgan fingerprint density at radius 2 is 1.76 bits per heavy atom. The second-order valence-corrected chi connectivity index (χ2v) is 5.12. The molecule has 0 bridgehead atoms. The van der Waals surface area contributed by atoms with E-state index in [-0.39, 0.29) is 11.8 Å². The summed E-state index contributed by atoms with van der Waals surface area (Å²) in [6, 6.07) is 9.56. The molecule has 0 unspecified atom stereocenters. The molecule has 0 amide bonds. The molecule has 1 aromatic rings. The topological polar surface area (TPSA) is 49.7 Å². The molecule has 1 atom stereocenters. The largest absolute Gasteiger partial charge is 0.477 e. The average Bonchev–Trinajstić information content (AvgIpc) is 2.24. The van der Waals surface area contributed by atoms with Crippen LogP contribution in [0.3, 0.4) is 0 Å². The van der Waals surface area contributed by atoms with E-state index in [1.165, 1.54) is 0 Å². The lowest BCUT2D eigenvalue weighted by Gasteiger charge is -2.20. The Hall–Kier alpha value is -1.64. The molecule has 0 spiro atoms. The number of aliphatic carboxylic acids is 1. The van der Waals surface area contributed by atoms with Gasteiger partial charge >= 0.3 is 5.97 Å². The van der Waals surface area contributed by atoms with Crippen molar-refractivity contribution in [1.29, 1.82) is 0 Å². The van der Waals surface area contributed by atoms with Crippen molar-refractivity contribution in [3.8, 4) is 0 Å². The van der Waals surface area contributed by atoms with Gasteiger partial charge in [0, 0.05) is 5.41 Å². The van der Waals surface area contributed by atoms with E-state index in [9.17, 15) is 9.90 Å². The van der Waals surface area contributed by atoms with Gasteiger partial charge in [-0.2, -0.15) is 0 Å². The van der Waals surface area contributed by atoms with Crippen LogP contribution in [0.1, 0.15) is 39.3 Å². The summed E-state index contributed by atoms with van der Waals surface area (Å²) in [6.07, 6.45) is 0. The first-order chi connectivity index (χ1) is 7.82. The zero-order chi connectivity index (χ0) is 13.1. The van der Waals surface area contributed by atoms with Crippen molar-refractivity contribution < 1.29 is 9.90 Å². The molecule has 17 heavy (non-hydrogen) atoms. The molecule has 0 heterocycles. The summed E-state index contributed by atoms with van der Waals surface area (Å²) in [5.74, 6) is -0.944. The van der Waals surface area contributed by atoms with Crippen molar-refractivity contribution in [2.45, 2.75) is 33.7 Å². The van der Waals surface area contributed by atoms with Crippen LogP contribution in [-0.4, -0.2) is 16.8 Å². The predicted molar refractivity (Wildman–Crippen MR) is 69.4 cm³/mol. The van der Waals surface area contributed by atoms with Crippen LogP contribution in [0.15, 0.2) is 35.3 Å². The lowest BCUT2D eigenvalue weighted by molar-refractivity contribution is -0.129. The van der Waals surface area contributed by atoms with E-state index in [0.29, 0.717) is 0 Å². The van der Waals surface area contributed by atoms with Crippen LogP contribution in [0, 0.1) is 5.41 Å². The van der Waals surface area contributed by atoms with Crippen LogP contribution in [0.25, 0.3) is 0 Å². The van der Waals surface area contributed by atoms with Gasteiger partial charge in [0.25, 0.3) is 0 Å². The fourth-order valence-electron chi connectivity index (χ4n) is 1.57. The van der Waals surface area contributed by atoms with Crippen LogP contribution in [0.4, 0.5) is 0 Å². The summed E-state index contributed by atoms with van der Waals surface area (Å²) in [5.41, 5.74) is 0.791. The van der Waals surface area contributed by atoms with Crippen LogP contribution in [-0.2, 0) is 4.79 Å². The second kappa shape index (κ2) is 5.13. The maximum absolute atomic E-state index is 11.2. The molecule has 0 aliphatic rings. The summed E-state index contributed by atoms with van der Waals surface area (Å²) < 4.78 is 0. The molecule has 1 aromatic carbocycles. The zero-order valence-electron chi connectivity index (χ0n) is 10.8. The van der Waals surface area contributed by atoms with Gasteiger partial charge < -0.3 is 5.11 Å². The molecule has 3 heteroatoms. The molecular formula is C14H19NO2. The molecule has 92 valence electrons. The van der Waals surface area contributed by atoms with E-state index in [2.05, 4.69) is 4.99 Å². The minimum atomic E-state index is -0.944. The Morgan fingerprint density at radius 1 is 1.24 bits per heavy atom. The number of rotatable bonds is 3. The quantitative estimate of drug-likeness (QED) is 0.814. The van der Waals surface area contributed by atoms with Crippen molar-refractivity contribution in [3.63, 3.8) is 0 Å². The van der Waals surface area contributed by atoms with Crippen molar-refractivity contribution in [3.05, 3.63) is 35.9 Å². The van der Waals surface area contributed by atoms with Gasteiger partial charge in [-0.15, -0.1) is 0 Å². The van der Waals surface area contributed by atoms with E-state index in [1.54, 1.807) is 0 Å². The van der Waals surface area contributed by atoms with Crippen LogP contribution >= 0.6 is 0 Å². The smallest absolute Gasteiger partial charge is 0.350 e. The van der Waals surface area contributed by atoms with E-state index >= 15 is 0 Å². The average molecular weight is 233 g/mol. The Morgan fingerprint density at radius 3 is 2.18 bits per heavy atom. The van der Waals surface area contributed by atoms with Gasteiger partial charge in [-0.05, 0) is 12.5 Å². The van der Waals surface area contributed by atoms with E-state index in [0.717, 1.165) is 5.56 Å². The number of nitrogens with zero attached hydrogens (tertiary/aromatic N) is 1. The summed E-state index contributed by atoms with van der Waals surface area (Å²) in [6.45, 7) is 7.48. The van der Waals surface area contributed by atoms with Gasteiger partial charge in [0.1, 0.15) is 5.71 Å². The molecule has 3 nitrogen and oxygen atoms in total. The first-order valence-electron chi connectivity index (χ1n) is 5.69. The first kappa shape index (κ1) is 13.4. The fourth-order valence-corrected chi connectivity index (χ4v) is 1.57. The summed E-state index contributed by atoms with van der Waals surface area (Å²) in [5, 5.41) is 9.17. The van der Waals surface area contributed by atoms with Crippen molar-refractivity contribution in [2.75, 3.05) is 0 Å². The minimum absolute atomic E-state index is 0.137. The number of hydrogen-bond donors (Lipinski definition) is 1. The number of hydrogen-bond acceptors (Lipinski definition) is 2. The highest BCUT2D eigenvalue weighted by molar-refractivity contribution is 6.37. The molecule has 1 N–H and O–H groups in total. The van der Waals surface area contributed by atoms with Crippen molar-refractivity contribution >= 4 is 11.7 Å². The Bertz CT molecular complexity index is 416. The predicted octanol–water partition coefficient (Wildman–Crippen LogP) is 3.32. The van der Waals surface area contributed by atoms with Gasteiger partial charge in [0.2, 0.25) is 0 Å². The molecular weight excluding hydrogens is 214 g/mol. The van der Waals surface area contributed by atoms with Gasteiger partial charge in [0.15, 0.2) is 0 Å². The van der Waals surface area contributed by atoms with Gasteiger partial charge in [0.05, 0.1) is 6.04 Å². The number of carboxylic acid groups (broad SMARTS) is 1. The lowest BCUT2D eigenvalue weighted by Crippen LogP contribution is -2.29. The van der Waals surface area contributed by atoms with Crippen LogP contribution < -0.4 is 0 Å². The maximum Gasteiger partial charge on any atom is 0.350 e. The second-order valence-electron chi connectivity index (χ2n) is 5.12. The molecule has 0 fully saturated rings. The normalized spacial score (nSPS) is 14.5. The standard InChI is InChI=1S/C14H19NO2/c1-10(11-8-6-5-7-9-11)15-12(13(16)17)14(2,3)4/h5-10H,1-4H3,(H,16,17)/t10-/m0/s1. The van der Waals surface area contributed by atoms with Gasteiger partial charge in [-0.25, -0.2) is 4.79 Å². The SMILES string of the molecule is C[C@H](N=C(C(=O)O)C(C)(C)C)c1ccccc1. The van der Waals surface area contributed by atoms with Crippen LogP contribution in [0.2, 0.25) is 0 Å². The number of carboxylic acids is 1. The molecule has 0 saturated heterocycles. The zero-order valence-corrected chi connectivity index (χ0v) is 10.8. The Labute approximate surface area is 102 Å². The summed E-state index contributed by atoms with van der Waals surface area (Å²) in [4.78, 5) is 15.5. The monoisotopic (exact) mass is 233 g/mol. The first-order valence-corrected chi connectivity index (χ1v) is 5.69. The number of aliphatic imine (C=N–C) groups is 1. The highest BCUT2D eigenvalue weighted by atomic mass is 16.4. The third-order valence-corrected chi connectivity index (χ3v) is 2.52. The highest BCUT2D eigenvalue weighted by Gasteiger charge is 2.26. The fraction of sp³-hybridized carbons (Fsp3) is 0.429. The summed E-state index contributed by atoms with van der Waals surface area (Å²) in [7, 11) is 0. The van der Waals surface area contributed by atoms with Gasteiger partial charge in [-0.1, -0.05) is 51.1 Å². The molecule has 0 aliphatic carbocycles. The highest BCUT2D eigenvalue weighted by Crippen LogP contribution is 2.22. The molecule has 0 aliphatic heterocycles. The molecule has 0 aromatic heterocycles. The number of carbonyl (C=O) groups is 1. The molecule has 0 radical (unpaired) electrons. The van der Waals surface area contributed by atoms with E-state index in [4.69, 9.17) is 0 Å². The van der Waals surface area contributed by atoms with Crippen molar-refractivity contribution in [2.24, 2.45) is 10.4 Å². The number of benzene rings is 1. The lowest BCUT2D eigenvalue weighted by atomic mass is 9.89.